The predicted molar refractivity (Wildman–Crippen MR) is 131 cm³/mol. The van der Waals surface area contributed by atoms with Crippen LogP contribution in [0.3, 0.4) is 0 Å². The highest BCUT2D eigenvalue weighted by Gasteiger charge is 2.27. The van der Waals surface area contributed by atoms with Gasteiger partial charge in [0.2, 0.25) is 5.75 Å². The number of ether oxygens (including phenoxy) is 3. The Balaban J connectivity index is 1.72. The van der Waals surface area contributed by atoms with E-state index in [1.54, 1.807) is 19.1 Å². The number of rotatable bonds is 8. The van der Waals surface area contributed by atoms with Crippen LogP contribution in [0.1, 0.15) is 44.2 Å². The van der Waals surface area contributed by atoms with Crippen LogP contribution in [-0.2, 0) is 14.3 Å². The number of hydrogen-bond acceptors (Lipinski definition) is 7. The highest BCUT2D eigenvalue weighted by Crippen LogP contribution is 2.34. The fourth-order valence-electron chi connectivity index (χ4n) is 3.48. The molecule has 186 valence electrons. The molecule has 1 aromatic carbocycles. The van der Waals surface area contributed by atoms with E-state index < -0.39 is 30.0 Å². The molecule has 0 aliphatic rings. The lowest BCUT2D eigenvalue weighted by molar-refractivity contribution is -0.152. The quantitative estimate of drug-likeness (QED) is 0.431. The predicted octanol–water partition coefficient (Wildman–Crippen LogP) is 4.59. The molecule has 0 aliphatic carbocycles. The SMILES string of the molecule is COc1ccnc(C(=O)N[C@@H](C)C(=O)OC(C)C(C)n2ccc3c(Cl)ccc(Cl)c32)c1OC(C)=O. The van der Waals surface area contributed by atoms with Gasteiger partial charge in [-0.05, 0) is 39.0 Å². The number of carbonyl (C=O) groups excluding carboxylic acids is 3. The van der Waals surface area contributed by atoms with Gasteiger partial charge in [-0.3, -0.25) is 9.59 Å². The second kappa shape index (κ2) is 11.0. The maximum Gasteiger partial charge on any atom is 0.328 e. The largest absolute Gasteiger partial charge is 0.493 e. The van der Waals surface area contributed by atoms with Crippen LogP contribution in [0.25, 0.3) is 10.9 Å². The third kappa shape index (κ3) is 5.68. The number of halogens is 2. The van der Waals surface area contributed by atoms with Gasteiger partial charge in [0, 0.05) is 30.8 Å². The van der Waals surface area contributed by atoms with Gasteiger partial charge >= 0.3 is 11.9 Å². The van der Waals surface area contributed by atoms with Gasteiger partial charge in [-0.15, -0.1) is 0 Å². The number of benzene rings is 1. The Hall–Kier alpha value is -3.30. The van der Waals surface area contributed by atoms with Crippen LogP contribution in [0.4, 0.5) is 0 Å². The summed E-state index contributed by atoms with van der Waals surface area (Å²) in [4.78, 5) is 41.0. The van der Waals surface area contributed by atoms with E-state index in [0.29, 0.717) is 10.0 Å². The van der Waals surface area contributed by atoms with E-state index in [4.69, 9.17) is 37.4 Å². The van der Waals surface area contributed by atoms with Crippen molar-refractivity contribution < 1.29 is 28.6 Å². The summed E-state index contributed by atoms with van der Waals surface area (Å²) in [5.41, 5.74) is 0.531. The average molecular weight is 522 g/mol. The van der Waals surface area contributed by atoms with Crippen molar-refractivity contribution in [1.82, 2.24) is 14.9 Å². The summed E-state index contributed by atoms with van der Waals surface area (Å²) in [6.45, 7) is 6.28. The molecule has 2 unspecified atom stereocenters. The number of methoxy groups -OCH3 is 1. The lowest BCUT2D eigenvalue weighted by Gasteiger charge is -2.25. The van der Waals surface area contributed by atoms with E-state index in [0.717, 1.165) is 10.9 Å². The Kier molecular flexibility index (Phi) is 8.24. The van der Waals surface area contributed by atoms with E-state index in [1.165, 1.54) is 33.2 Å². The highest BCUT2D eigenvalue weighted by atomic mass is 35.5. The molecule has 0 fully saturated rings. The smallest absolute Gasteiger partial charge is 0.328 e. The minimum atomic E-state index is -1.02. The summed E-state index contributed by atoms with van der Waals surface area (Å²) in [5, 5.41) is 4.40. The number of carbonyl (C=O) groups is 3. The average Bonchev–Trinajstić information content (AvgIpc) is 3.27. The molecule has 1 amide bonds. The molecule has 0 saturated heterocycles. The molecule has 3 rings (SSSR count). The van der Waals surface area contributed by atoms with Crippen LogP contribution >= 0.6 is 23.2 Å². The number of amides is 1. The van der Waals surface area contributed by atoms with Crippen molar-refractivity contribution >= 4 is 52.0 Å². The van der Waals surface area contributed by atoms with Crippen LogP contribution in [0.2, 0.25) is 10.0 Å². The molecule has 11 heteroatoms. The van der Waals surface area contributed by atoms with Crippen molar-refractivity contribution in [2.45, 2.75) is 45.9 Å². The molecule has 0 saturated carbocycles. The molecule has 1 N–H and O–H groups in total. The maximum atomic E-state index is 12.8. The molecule has 0 spiro atoms. The fraction of sp³-hybridized carbons (Fsp3) is 0.333. The molecular formula is C24H25Cl2N3O6. The minimum Gasteiger partial charge on any atom is -0.493 e. The Morgan fingerprint density at radius 2 is 1.74 bits per heavy atom. The van der Waals surface area contributed by atoms with E-state index in [1.807, 2.05) is 23.8 Å². The van der Waals surface area contributed by atoms with Gasteiger partial charge in [0.25, 0.3) is 5.91 Å². The van der Waals surface area contributed by atoms with E-state index in [-0.39, 0.29) is 23.2 Å². The standard InChI is InChI=1S/C24H25Cl2N3O6/c1-12(28-23(31)20-22(35-15(4)30)19(33-5)8-10-27-20)24(32)34-14(3)13(2)29-11-9-16-17(25)6-7-18(26)21(16)29/h6-14H,1-5H3,(H,28,31)/t12-,13?,14?/m0/s1. The number of hydrogen-bond donors (Lipinski definition) is 1. The summed E-state index contributed by atoms with van der Waals surface area (Å²) < 4.78 is 17.7. The Labute approximate surface area is 212 Å². The third-order valence-corrected chi connectivity index (χ3v) is 6.08. The molecule has 2 aromatic heterocycles. The number of fused-ring (bicyclic) bond motifs is 1. The first-order valence-electron chi connectivity index (χ1n) is 10.7. The van der Waals surface area contributed by atoms with Gasteiger partial charge in [0.05, 0.1) is 28.7 Å². The number of esters is 2. The van der Waals surface area contributed by atoms with Crippen molar-refractivity contribution in [2.75, 3.05) is 7.11 Å². The third-order valence-electron chi connectivity index (χ3n) is 5.45. The Morgan fingerprint density at radius 3 is 2.40 bits per heavy atom. The molecule has 2 heterocycles. The normalized spacial score (nSPS) is 13.6. The molecular weight excluding hydrogens is 497 g/mol. The van der Waals surface area contributed by atoms with Gasteiger partial charge in [-0.1, -0.05) is 23.2 Å². The minimum absolute atomic E-state index is 0.141. The molecule has 0 bridgehead atoms. The zero-order valence-corrected chi connectivity index (χ0v) is 21.3. The summed E-state index contributed by atoms with van der Waals surface area (Å²) in [6.07, 6.45) is 2.58. The lowest BCUT2D eigenvalue weighted by atomic mass is 10.2. The number of nitrogens with one attached hydrogen (secondary N) is 1. The molecule has 0 radical (unpaired) electrons. The molecule has 3 aromatic rings. The summed E-state index contributed by atoms with van der Waals surface area (Å²) in [7, 11) is 1.36. The molecule has 0 aliphatic heterocycles. The zero-order chi connectivity index (χ0) is 25.9. The van der Waals surface area contributed by atoms with E-state index in [9.17, 15) is 14.4 Å². The van der Waals surface area contributed by atoms with Gasteiger partial charge < -0.3 is 24.1 Å². The maximum absolute atomic E-state index is 12.8. The fourth-order valence-corrected chi connectivity index (χ4v) is 3.95. The summed E-state index contributed by atoms with van der Waals surface area (Å²) in [6, 6.07) is 5.42. The van der Waals surface area contributed by atoms with Gasteiger partial charge in [-0.25, -0.2) is 9.78 Å². The Bertz CT molecular complexity index is 1280. The number of aromatic nitrogens is 2. The summed E-state index contributed by atoms with van der Waals surface area (Å²) >= 11 is 12.7. The first-order valence-corrected chi connectivity index (χ1v) is 11.5. The van der Waals surface area contributed by atoms with Crippen molar-refractivity contribution in [2.24, 2.45) is 0 Å². The van der Waals surface area contributed by atoms with Crippen LogP contribution in [0.15, 0.2) is 36.7 Å². The van der Waals surface area contributed by atoms with Crippen molar-refractivity contribution in [1.29, 1.82) is 0 Å². The number of pyridine rings is 1. The van der Waals surface area contributed by atoms with E-state index >= 15 is 0 Å². The van der Waals surface area contributed by atoms with Crippen LogP contribution in [-0.4, -0.2) is 46.7 Å². The van der Waals surface area contributed by atoms with Crippen molar-refractivity contribution in [3.05, 3.63) is 52.4 Å². The second-order valence-corrected chi connectivity index (χ2v) is 8.69. The molecule has 9 nitrogen and oxygen atoms in total. The summed E-state index contributed by atoms with van der Waals surface area (Å²) in [5.74, 6) is -2.04. The monoisotopic (exact) mass is 521 g/mol. The van der Waals surface area contributed by atoms with Crippen molar-refractivity contribution in [3.63, 3.8) is 0 Å². The van der Waals surface area contributed by atoms with Crippen LogP contribution in [0, 0.1) is 0 Å². The molecule has 3 atom stereocenters. The van der Waals surface area contributed by atoms with Gasteiger partial charge in [0.15, 0.2) is 11.4 Å². The van der Waals surface area contributed by atoms with Gasteiger partial charge in [-0.2, -0.15) is 0 Å². The second-order valence-electron chi connectivity index (χ2n) is 7.88. The lowest BCUT2D eigenvalue weighted by Crippen LogP contribution is -2.42. The van der Waals surface area contributed by atoms with Crippen LogP contribution in [0.5, 0.6) is 11.5 Å². The topological polar surface area (TPSA) is 109 Å². The first kappa shape index (κ1) is 26.3. The van der Waals surface area contributed by atoms with Crippen molar-refractivity contribution in [3.8, 4) is 11.5 Å². The van der Waals surface area contributed by atoms with E-state index in [2.05, 4.69) is 10.3 Å². The number of nitrogens with zero attached hydrogens (tertiary/aromatic N) is 2. The Morgan fingerprint density at radius 1 is 1.06 bits per heavy atom. The zero-order valence-electron chi connectivity index (χ0n) is 19.8. The molecule has 35 heavy (non-hydrogen) atoms. The highest BCUT2D eigenvalue weighted by molar-refractivity contribution is 6.40. The van der Waals surface area contributed by atoms with Crippen LogP contribution < -0.4 is 14.8 Å². The van der Waals surface area contributed by atoms with Gasteiger partial charge in [0.1, 0.15) is 12.1 Å². The first-order chi connectivity index (χ1) is 16.5.